The zero-order valence-corrected chi connectivity index (χ0v) is 11.5. The van der Waals surface area contributed by atoms with Crippen LogP contribution < -0.4 is 16.3 Å². The van der Waals surface area contributed by atoms with E-state index >= 15 is 0 Å². The molecular formula is C14H15ClN2O3. The average molecular weight is 295 g/mol. The molecule has 0 spiro atoms. The van der Waals surface area contributed by atoms with Crippen LogP contribution in [0, 0.1) is 0 Å². The van der Waals surface area contributed by atoms with Crippen molar-refractivity contribution in [1.29, 1.82) is 0 Å². The Morgan fingerprint density at radius 2 is 2.15 bits per heavy atom. The first kappa shape index (κ1) is 14.6. The molecule has 1 saturated heterocycles. The lowest BCUT2D eigenvalue weighted by Gasteiger charge is -2.11. The van der Waals surface area contributed by atoms with Gasteiger partial charge in [-0.15, -0.1) is 12.4 Å². The van der Waals surface area contributed by atoms with Gasteiger partial charge in [-0.05, 0) is 43.7 Å². The zero-order valence-electron chi connectivity index (χ0n) is 10.7. The van der Waals surface area contributed by atoms with Crippen molar-refractivity contribution in [2.45, 2.75) is 18.9 Å². The Kier molecular flexibility index (Phi) is 4.42. The van der Waals surface area contributed by atoms with E-state index in [0.29, 0.717) is 11.3 Å². The largest absolute Gasteiger partial charge is 0.423 e. The third kappa shape index (κ3) is 3.00. The lowest BCUT2D eigenvalue weighted by molar-refractivity contribution is -0.117. The number of carbonyl (C=O) groups is 1. The summed E-state index contributed by atoms with van der Waals surface area (Å²) in [6, 6.07) is 8.17. The van der Waals surface area contributed by atoms with E-state index in [1.807, 2.05) is 0 Å². The molecule has 0 aliphatic carbocycles. The smallest absolute Gasteiger partial charge is 0.336 e. The van der Waals surface area contributed by atoms with E-state index < -0.39 is 0 Å². The minimum absolute atomic E-state index is 0. The Labute approximate surface area is 121 Å². The Balaban J connectivity index is 0.00000147. The fraction of sp³-hybridized carbons (Fsp3) is 0.286. The van der Waals surface area contributed by atoms with Gasteiger partial charge in [-0.1, -0.05) is 0 Å². The van der Waals surface area contributed by atoms with Crippen molar-refractivity contribution in [3.63, 3.8) is 0 Å². The van der Waals surface area contributed by atoms with E-state index in [2.05, 4.69) is 10.6 Å². The molecule has 2 heterocycles. The average Bonchev–Trinajstić information content (AvgIpc) is 2.93. The molecule has 1 amide bonds. The Bertz CT molecular complexity index is 677. The molecule has 2 aromatic rings. The molecule has 0 saturated carbocycles. The second-order valence-electron chi connectivity index (χ2n) is 4.65. The van der Waals surface area contributed by atoms with Crippen LogP contribution in [-0.2, 0) is 4.79 Å². The first-order valence-electron chi connectivity index (χ1n) is 6.30. The van der Waals surface area contributed by atoms with Crippen LogP contribution in [0.3, 0.4) is 0 Å². The van der Waals surface area contributed by atoms with Gasteiger partial charge in [0, 0.05) is 17.1 Å². The van der Waals surface area contributed by atoms with Gasteiger partial charge < -0.3 is 15.1 Å². The third-order valence-corrected chi connectivity index (χ3v) is 3.26. The number of benzene rings is 1. The lowest BCUT2D eigenvalue weighted by atomic mass is 10.2. The second kappa shape index (κ2) is 6.07. The maximum Gasteiger partial charge on any atom is 0.336 e. The van der Waals surface area contributed by atoms with Gasteiger partial charge in [0.15, 0.2) is 0 Å². The molecule has 2 N–H and O–H groups in total. The molecule has 3 rings (SSSR count). The SMILES string of the molecule is Cl.O=C(Nc1ccc2oc(=O)ccc2c1)C1CCCN1. The van der Waals surface area contributed by atoms with Crippen molar-refractivity contribution in [2.24, 2.45) is 0 Å². The van der Waals surface area contributed by atoms with Crippen LogP contribution in [-0.4, -0.2) is 18.5 Å². The van der Waals surface area contributed by atoms with Crippen LogP contribution in [0.15, 0.2) is 39.5 Å². The van der Waals surface area contributed by atoms with E-state index in [1.165, 1.54) is 6.07 Å². The normalized spacial score (nSPS) is 17.7. The standard InChI is InChI=1S/C14H14N2O3.ClH/c17-13-6-3-9-8-10(4-5-12(9)19-13)16-14(18)11-2-1-7-15-11;/h3-6,8,11,15H,1-2,7H2,(H,16,18);1H. The molecule has 0 radical (unpaired) electrons. The summed E-state index contributed by atoms with van der Waals surface area (Å²) < 4.78 is 5.04. The number of amides is 1. The fourth-order valence-electron chi connectivity index (χ4n) is 2.29. The second-order valence-corrected chi connectivity index (χ2v) is 4.65. The van der Waals surface area contributed by atoms with Gasteiger partial charge in [0.05, 0.1) is 6.04 Å². The minimum atomic E-state index is -0.376. The van der Waals surface area contributed by atoms with Crippen molar-refractivity contribution in [2.75, 3.05) is 11.9 Å². The molecule has 1 aliphatic heterocycles. The van der Waals surface area contributed by atoms with Gasteiger partial charge in [-0.25, -0.2) is 4.79 Å². The molecule has 1 aromatic heterocycles. The molecule has 1 aliphatic rings. The maximum absolute atomic E-state index is 12.0. The molecule has 0 bridgehead atoms. The molecule has 6 heteroatoms. The number of halogens is 1. The molecule has 20 heavy (non-hydrogen) atoms. The van der Waals surface area contributed by atoms with Gasteiger partial charge in [0.1, 0.15) is 5.58 Å². The summed E-state index contributed by atoms with van der Waals surface area (Å²) in [6.07, 6.45) is 1.90. The Morgan fingerprint density at radius 1 is 1.30 bits per heavy atom. The van der Waals surface area contributed by atoms with Crippen LogP contribution in [0.2, 0.25) is 0 Å². The predicted molar refractivity (Wildman–Crippen MR) is 79.4 cm³/mol. The van der Waals surface area contributed by atoms with Crippen molar-refractivity contribution in [3.8, 4) is 0 Å². The predicted octanol–water partition coefficient (Wildman–Crippen LogP) is 1.91. The van der Waals surface area contributed by atoms with Crippen LogP contribution in [0.1, 0.15) is 12.8 Å². The summed E-state index contributed by atoms with van der Waals surface area (Å²) in [5.41, 5.74) is 0.851. The number of fused-ring (bicyclic) bond motifs is 1. The topological polar surface area (TPSA) is 71.3 Å². The molecule has 1 aromatic carbocycles. The van der Waals surface area contributed by atoms with Crippen LogP contribution in [0.5, 0.6) is 0 Å². The number of nitrogens with one attached hydrogen (secondary N) is 2. The van der Waals surface area contributed by atoms with Crippen LogP contribution in [0.25, 0.3) is 11.0 Å². The lowest BCUT2D eigenvalue weighted by Crippen LogP contribution is -2.35. The summed E-state index contributed by atoms with van der Waals surface area (Å²) in [6.45, 7) is 0.890. The number of anilines is 1. The van der Waals surface area contributed by atoms with Gasteiger partial charge in [0.2, 0.25) is 5.91 Å². The fourth-order valence-corrected chi connectivity index (χ4v) is 2.29. The van der Waals surface area contributed by atoms with E-state index in [1.54, 1.807) is 24.3 Å². The summed E-state index contributed by atoms with van der Waals surface area (Å²) in [7, 11) is 0. The van der Waals surface area contributed by atoms with Crippen LogP contribution in [0.4, 0.5) is 5.69 Å². The molecule has 1 unspecified atom stereocenters. The van der Waals surface area contributed by atoms with E-state index in [-0.39, 0.29) is 30.0 Å². The highest BCUT2D eigenvalue weighted by Crippen LogP contribution is 2.18. The third-order valence-electron chi connectivity index (χ3n) is 3.26. The number of carbonyl (C=O) groups excluding carboxylic acids is 1. The number of hydrogen-bond donors (Lipinski definition) is 2. The number of rotatable bonds is 2. The summed E-state index contributed by atoms with van der Waals surface area (Å²) >= 11 is 0. The number of hydrogen-bond acceptors (Lipinski definition) is 4. The van der Waals surface area contributed by atoms with Crippen molar-refractivity contribution in [3.05, 3.63) is 40.8 Å². The first-order valence-corrected chi connectivity index (χ1v) is 6.30. The van der Waals surface area contributed by atoms with Crippen molar-refractivity contribution < 1.29 is 9.21 Å². The summed E-state index contributed by atoms with van der Waals surface area (Å²) in [5, 5.41) is 6.81. The Hall–Kier alpha value is -1.85. The first-order chi connectivity index (χ1) is 9.22. The highest BCUT2D eigenvalue weighted by atomic mass is 35.5. The monoisotopic (exact) mass is 294 g/mol. The maximum atomic E-state index is 12.0. The minimum Gasteiger partial charge on any atom is -0.423 e. The van der Waals surface area contributed by atoms with Crippen molar-refractivity contribution in [1.82, 2.24) is 5.32 Å². The molecular weight excluding hydrogens is 280 g/mol. The zero-order chi connectivity index (χ0) is 13.2. The molecule has 106 valence electrons. The van der Waals surface area contributed by atoms with Gasteiger partial charge in [-0.2, -0.15) is 0 Å². The van der Waals surface area contributed by atoms with E-state index in [9.17, 15) is 9.59 Å². The Morgan fingerprint density at radius 3 is 2.90 bits per heavy atom. The summed E-state index contributed by atoms with van der Waals surface area (Å²) in [5.74, 6) is -0.0192. The van der Waals surface area contributed by atoms with Gasteiger partial charge in [-0.3, -0.25) is 4.79 Å². The highest BCUT2D eigenvalue weighted by molar-refractivity contribution is 5.96. The quantitative estimate of drug-likeness (QED) is 0.830. The molecule has 1 atom stereocenters. The summed E-state index contributed by atoms with van der Waals surface area (Å²) in [4.78, 5) is 23.0. The highest BCUT2D eigenvalue weighted by Gasteiger charge is 2.21. The van der Waals surface area contributed by atoms with Gasteiger partial charge >= 0.3 is 5.63 Å². The van der Waals surface area contributed by atoms with E-state index in [0.717, 1.165) is 24.8 Å². The molecule has 5 nitrogen and oxygen atoms in total. The van der Waals surface area contributed by atoms with Crippen LogP contribution >= 0.6 is 12.4 Å². The van der Waals surface area contributed by atoms with Crippen molar-refractivity contribution >= 4 is 35.0 Å². The van der Waals surface area contributed by atoms with Gasteiger partial charge in [0.25, 0.3) is 0 Å². The molecule has 1 fully saturated rings. The van der Waals surface area contributed by atoms with E-state index in [4.69, 9.17) is 4.42 Å².